The molecule has 1 aromatic rings. The Kier molecular flexibility index (Phi) is 5.03. The van der Waals surface area contributed by atoms with Crippen LogP contribution in [0.15, 0.2) is 34.8 Å². The van der Waals surface area contributed by atoms with Gasteiger partial charge in [-0.3, -0.25) is 4.79 Å². The van der Waals surface area contributed by atoms with Gasteiger partial charge in [-0.2, -0.15) is 0 Å². The Bertz CT molecular complexity index is 650. The van der Waals surface area contributed by atoms with Gasteiger partial charge < -0.3 is 14.8 Å². The molecule has 6 heteroatoms. The lowest BCUT2D eigenvalue weighted by molar-refractivity contribution is -0.115. The number of hydrogen-bond acceptors (Lipinski definition) is 5. The topological polar surface area (TPSA) is 47.6 Å². The summed E-state index contributed by atoms with van der Waals surface area (Å²) in [6.07, 6.45) is 3.80. The summed E-state index contributed by atoms with van der Waals surface area (Å²) < 4.78 is 10.9. The van der Waals surface area contributed by atoms with Gasteiger partial charge in [0.2, 0.25) is 0 Å². The number of thioether (sulfide) groups is 1. The molecule has 0 bridgehead atoms. The summed E-state index contributed by atoms with van der Waals surface area (Å²) in [6, 6.07) is 5.63. The fourth-order valence-corrected chi connectivity index (χ4v) is 2.87. The zero-order valence-electron chi connectivity index (χ0n) is 11.9. The summed E-state index contributed by atoms with van der Waals surface area (Å²) in [7, 11) is 3.19. The second-order valence-electron chi connectivity index (χ2n) is 4.30. The van der Waals surface area contributed by atoms with Crippen molar-refractivity contribution in [2.75, 3.05) is 14.2 Å². The van der Waals surface area contributed by atoms with Gasteiger partial charge in [0.25, 0.3) is 5.91 Å². The third-order valence-corrected chi connectivity index (χ3v) is 4.26. The molecule has 1 aliphatic rings. The van der Waals surface area contributed by atoms with Crippen LogP contribution in [0.2, 0.25) is 0 Å². The molecule has 1 saturated heterocycles. The number of rotatable bonds is 4. The molecule has 0 aliphatic carbocycles. The third kappa shape index (κ3) is 3.65. The monoisotopic (exact) mass is 321 g/mol. The van der Waals surface area contributed by atoms with Crippen LogP contribution in [0.25, 0.3) is 6.08 Å². The second kappa shape index (κ2) is 6.78. The van der Waals surface area contributed by atoms with E-state index >= 15 is 0 Å². The molecule has 2 rings (SSSR count). The zero-order chi connectivity index (χ0) is 15.4. The van der Waals surface area contributed by atoms with Gasteiger partial charge in [0, 0.05) is 0 Å². The quantitative estimate of drug-likeness (QED) is 0.682. The number of amides is 1. The molecule has 21 heavy (non-hydrogen) atoms. The molecule has 4 nitrogen and oxygen atoms in total. The first-order valence-corrected chi connectivity index (χ1v) is 7.41. The molecular formula is C15H15NO3S2. The predicted molar refractivity (Wildman–Crippen MR) is 89.6 cm³/mol. The number of benzene rings is 1. The van der Waals surface area contributed by atoms with Crippen molar-refractivity contribution >= 4 is 40.3 Å². The normalized spacial score (nSPS) is 17.1. The van der Waals surface area contributed by atoms with E-state index < -0.39 is 0 Å². The summed E-state index contributed by atoms with van der Waals surface area (Å²) in [5, 5.41) is 2.61. The van der Waals surface area contributed by atoms with E-state index in [1.165, 1.54) is 11.8 Å². The van der Waals surface area contributed by atoms with Gasteiger partial charge in [0.15, 0.2) is 11.5 Å². The molecule has 0 saturated carbocycles. The van der Waals surface area contributed by atoms with Gasteiger partial charge in [-0.25, -0.2) is 0 Å². The van der Waals surface area contributed by atoms with Crippen LogP contribution in [-0.4, -0.2) is 24.4 Å². The molecule has 0 aromatic heterocycles. The van der Waals surface area contributed by atoms with Crippen molar-refractivity contribution in [3.05, 3.63) is 40.3 Å². The van der Waals surface area contributed by atoms with E-state index in [0.717, 1.165) is 11.1 Å². The van der Waals surface area contributed by atoms with Crippen LogP contribution in [-0.2, 0) is 4.79 Å². The number of allylic oxidation sites excluding steroid dienone is 2. The SMILES string of the molecule is COc1ccc(C=CC(C)=C2SC(=S)NC2=O)cc1OC. The van der Waals surface area contributed by atoms with E-state index in [-0.39, 0.29) is 5.91 Å². The van der Waals surface area contributed by atoms with Gasteiger partial charge in [-0.05, 0) is 30.2 Å². The Morgan fingerprint density at radius 2 is 2.00 bits per heavy atom. The van der Waals surface area contributed by atoms with Crippen LogP contribution in [0.3, 0.4) is 0 Å². The third-order valence-electron chi connectivity index (χ3n) is 2.91. The number of nitrogens with one attached hydrogen (secondary N) is 1. The average molecular weight is 321 g/mol. The lowest BCUT2D eigenvalue weighted by atomic mass is 10.1. The zero-order valence-corrected chi connectivity index (χ0v) is 13.6. The Balaban J connectivity index is 2.23. The van der Waals surface area contributed by atoms with Crippen molar-refractivity contribution in [3.8, 4) is 11.5 Å². The minimum Gasteiger partial charge on any atom is -0.493 e. The number of ether oxygens (including phenoxy) is 2. The fraction of sp³-hybridized carbons (Fsp3) is 0.200. The second-order valence-corrected chi connectivity index (χ2v) is 5.99. The molecular weight excluding hydrogens is 306 g/mol. The highest BCUT2D eigenvalue weighted by atomic mass is 32.2. The highest BCUT2D eigenvalue weighted by Crippen LogP contribution is 2.30. The lowest BCUT2D eigenvalue weighted by Crippen LogP contribution is -2.18. The first kappa shape index (κ1) is 15.6. The van der Waals surface area contributed by atoms with Crippen molar-refractivity contribution in [2.24, 2.45) is 0 Å². The number of carbonyl (C=O) groups excluding carboxylic acids is 1. The maximum atomic E-state index is 11.7. The molecule has 0 unspecified atom stereocenters. The minimum atomic E-state index is -0.139. The Labute approximate surface area is 133 Å². The molecule has 0 spiro atoms. The summed E-state index contributed by atoms with van der Waals surface area (Å²) in [4.78, 5) is 12.3. The van der Waals surface area contributed by atoms with Crippen molar-refractivity contribution < 1.29 is 14.3 Å². The van der Waals surface area contributed by atoms with Crippen LogP contribution >= 0.6 is 24.0 Å². The van der Waals surface area contributed by atoms with Crippen molar-refractivity contribution in [3.63, 3.8) is 0 Å². The highest BCUT2D eigenvalue weighted by molar-refractivity contribution is 8.26. The van der Waals surface area contributed by atoms with E-state index in [0.29, 0.717) is 20.7 Å². The van der Waals surface area contributed by atoms with E-state index in [9.17, 15) is 4.79 Å². The molecule has 0 atom stereocenters. The van der Waals surface area contributed by atoms with E-state index in [1.54, 1.807) is 14.2 Å². The van der Waals surface area contributed by atoms with Crippen molar-refractivity contribution in [2.45, 2.75) is 6.92 Å². The van der Waals surface area contributed by atoms with Crippen LogP contribution < -0.4 is 14.8 Å². The number of thiocarbonyl (C=S) groups is 1. The van der Waals surface area contributed by atoms with Crippen molar-refractivity contribution in [1.29, 1.82) is 0 Å². The fourth-order valence-electron chi connectivity index (χ4n) is 1.83. The molecule has 1 heterocycles. The van der Waals surface area contributed by atoms with Crippen LogP contribution in [0, 0.1) is 0 Å². The average Bonchev–Trinajstić information content (AvgIpc) is 2.83. The van der Waals surface area contributed by atoms with Crippen LogP contribution in [0.1, 0.15) is 12.5 Å². The number of hydrogen-bond donors (Lipinski definition) is 1. The lowest BCUT2D eigenvalue weighted by Gasteiger charge is -2.07. The molecule has 0 radical (unpaired) electrons. The summed E-state index contributed by atoms with van der Waals surface area (Å²) >= 11 is 6.26. The molecule has 1 fully saturated rings. The maximum Gasteiger partial charge on any atom is 0.263 e. The summed E-state index contributed by atoms with van der Waals surface area (Å²) in [6.45, 7) is 1.88. The first-order chi connectivity index (χ1) is 10.0. The summed E-state index contributed by atoms with van der Waals surface area (Å²) in [5.74, 6) is 1.21. The van der Waals surface area contributed by atoms with E-state index in [2.05, 4.69) is 5.32 Å². The van der Waals surface area contributed by atoms with Gasteiger partial charge >= 0.3 is 0 Å². The Morgan fingerprint density at radius 3 is 2.57 bits per heavy atom. The van der Waals surface area contributed by atoms with E-state index in [1.807, 2.05) is 37.3 Å². The Hall–Kier alpha value is -1.79. The Morgan fingerprint density at radius 1 is 1.29 bits per heavy atom. The molecule has 1 aliphatic heterocycles. The van der Waals surface area contributed by atoms with Crippen LogP contribution in [0.5, 0.6) is 11.5 Å². The minimum absolute atomic E-state index is 0.139. The standard InChI is InChI=1S/C15H15NO3S2/c1-9(13-14(17)16-15(20)21-13)4-5-10-6-7-11(18-2)12(8-10)19-3/h4-8H,1-3H3,(H,16,17,20). The van der Waals surface area contributed by atoms with Gasteiger partial charge in [-0.1, -0.05) is 42.2 Å². The smallest absolute Gasteiger partial charge is 0.263 e. The van der Waals surface area contributed by atoms with Crippen LogP contribution in [0.4, 0.5) is 0 Å². The predicted octanol–water partition coefficient (Wildman–Crippen LogP) is 3.14. The largest absolute Gasteiger partial charge is 0.493 e. The van der Waals surface area contributed by atoms with E-state index in [4.69, 9.17) is 21.7 Å². The summed E-state index contributed by atoms with van der Waals surface area (Å²) in [5.41, 5.74) is 1.82. The van der Waals surface area contributed by atoms with Crippen molar-refractivity contribution in [1.82, 2.24) is 5.32 Å². The highest BCUT2D eigenvalue weighted by Gasteiger charge is 2.23. The number of carbonyl (C=O) groups is 1. The van der Waals surface area contributed by atoms with Gasteiger partial charge in [0.1, 0.15) is 4.32 Å². The van der Waals surface area contributed by atoms with Gasteiger partial charge in [-0.15, -0.1) is 0 Å². The molecule has 110 valence electrons. The van der Waals surface area contributed by atoms with Gasteiger partial charge in [0.05, 0.1) is 19.1 Å². The molecule has 1 aromatic carbocycles. The molecule has 1 N–H and O–H groups in total. The maximum absolute atomic E-state index is 11.7. The number of methoxy groups -OCH3 is 2. The molecule has 1 amide bonds. The first-order valence-electron chi connectivity index (χ1n) is 6.19.